The monoisotopic (exact) mass is 356 g/mol. The lowest BCUT2D eigenvalue weighted by atomic mass is 10.1. The van der Waals surface area contributed by atoms with Crippen LogP contribution in [0.2, 0.25) is 10.0 Å². The molecule has 1 unspecified atom stereocenters. The van der Waals surface area contributed by atoms with Crippen LogP contribution >= 0.6 is 23.2 Å². The van der Waals surface area contributed by atoms with Crippen molar-refractivity contribution in [3.05, 3.63) is 33.8 Å². The van der Waals surface area contributed by atoms with Crippen molar-refractivity contribution in [2.45, 2.75) is 18.9 Å². The molecule has 0 spiro atoms. The zero-order valence-corrected chi connectivity index (χ0v) is 14.1. The van der Waals surface area contributed by atoms with Gasteiger partial charge in [-0.15, -0.1) is 0 Å². The number of ether oxygens (including phenoxy) is 1. The summed E-state index contributed by atoms with van der Waals surface area (Å²) in [5, 5.41) is 0.826. The molecule has 0 bridgehead atoms. The molecule has 2 heterocycles. The van der Waals surface area contributed by atoms with E-state index in [0.717, 1.165) is 6.42 Å². The maximum atomic E-state index is 12.8. The van der Waals surface area contributed by atoms with E-state index in [1.807, 2.05) is 0 Å². The van der Waals surface area contributed by atoms with Crippen molar-refractivity contribution < 1.29 is 14.3 Å². The molecule has 0 aliphatic carbocycles. The molecule has 0 radical (unpaired) electrons. The molecule has 0 aromatic heterocycles. The molecule has 3 rings (SSSR count). The van der Waals surface area contributed by atoms with Gasteiger partial charge in [-0.25, -0.2) is 0 Å². The Morgan fingerprint density at radius 2 is 1.70 bits per heavy atom. The predicted octanol–water partition coefficient (Wildman–Crippen LogP) is 2.46. The molecule has 1 aromatic carbocycles. The minimum atomic E-state index is -0.404. The van der Waals surface area contributed by atoms with Gasteiger partial charge >= 0.3 is 0 Å². The number of carbonyl (C=O) groups is 2. The van der Waals surface area contributed by atoms with Crippen molar-refractivity contribution in [3.63, 3.8) is 0 Å². The van der Waals surface area contributed by atoms with Gasteiger partial charge in [-0.2, -0.15) is 0 Å². The van der Waals surface area contributed by atoms with Gasteiger partial charge in [0.15, 0.2) is 0 Å². The second-order valence-electron chi connectivity index (χ2n) is 5.75. The molecule has 2 saturated heterocycles. The molecule has 1 atom stereocenters. The third-order valence-electron chi connectivity index (χ3n) is 4.23. The summed E-state index contributed by atoms with van der Waals surface area (Å²) in [5.41, 5.74) is 0.421. The summed E-state index contributed by atoms with van der Waals surface area (Å²) >= 11 is 12.0. The molecule has 124 valence electrons. The molecule has 2 amide bonds. The van der Waals surface area contributed by atoms with E-state index < -0.39 is 6.04 Å². The zero-order chi connectivity index (χ0) is 16.4. The first-order chi connectivity index (χ1) is 11.1. The number of nitrogens with zero attached hydrogens (tertiary/aromatic N) is 2. The second-order valence-corrected chi connectivity index (χ2v) is 6.63. The Balaban J connectivity index is 1.77. The average Bonchev–Trinajstić information content (AvgIpc) is 3.03. The lowest BCUT2D eigenvalue weighted by Crippen LogP contribution is -2.51. The summed E-state index contributed by atoms with van der Waals surface area (Å²) in [4.78, 5) is 28.9. The number of likely N-dealkylation sites (tertiary alicyclic amines) is 1. The van der Waals surface area contributed by atoms with Gasteiger partial charge in [0.2, 0.25) is 5.91 Å². The van der Waals surface area contributed by atoms with Gasteiger partial charge in [-0.1, -0.05) is 23.2 Å². The maximum Gasteiger partial charge on any atom is 0.254 e. The molecule has 5 nitrogen and oxygen atoms in total. The molecule has 2 aliphatic heterocycles. The van der Waals surface area contributed by atoms with Gasteiger partial charge in [-0.3, -0.25) is 9.59 Å². The Morgan fingerprint density at radius 1 is 1.04 bits per heavy atom. The molecule has 2 aliphatic rings. The number of amides is 2. The maximum absolute atomic E-state index is 12.8. The summed E-state index contributed by atoms with van der Waals surface area (Å²) in [6.07, 6.45) is 1.51. The van der Waals surface area contributed by atoms with Crippen molar-refractivity contribution in [1.82, 2.24) is 9.80 Å². The highest BCUT2D eigenvalue weighted by molar-refractivity contribution is 6.35. The van der Waals surface area contributed by atoms with Crippen LogP contribution in [0.15, 0.2) is 18.2 Å². The zero-order valence-electron chi connectivity index (χ0n) is 12.6. The third-order valence-corrected chi connectivity index (χ3v) is 4.67. The van der Waals surface area contributed by atoms with Crippen LogP contribution in [0.1, 0.15) is 23.2 Å². The lowest BCUT2D eigenvalue weighted by molar-refractivity contribution is -0.139. The number of morpholine rings is 1. The van der Waals surface area contributed by atoms with Crippen LogP contribution in [0.3, 0.4) is 0 Å². The topological polar surface area (TPSA) is 49.9 Å². The van der Waals surface area contributed by atoms with Crippen molar-refractivity contribution in [2.24, 2.45) is 0 Å². The van der Waals surface area contributed by atoms with Gasteiger partial charge < -0.3 is 14.5 Å². The van der Waals surface area contributed by atoms with Crippen LogP contribution in [-0.4, -0.2) is 60.5 Å². The summed E-state index contributed by atoms with van der Waals surface area (Å²) in [5.74, 6) is -0.189. The van der Waals surface area contributed by atoms with Crippen LogP contribution in [0.4, 0.5) is 0 Å². The van der Waals surface area contributed by atoms with Gasteiger partial charge in [-0.05, 0) is 31.0 Å². The van der Waals surface area contributed by atoms with Crippen LogP contribution in [0.5, 0.6) is 0 Å². The molecule has 7 heteroatoms. The summed E-state index contributed by atoms with van der Waals surface area (Å²) in [7, 11) is 0. The largest absolute Gasteiger partial charge is 0.378 e. The first-order valence-electron chi connectivity index (χ1n) is 7.70. The smallest absolute Gasteiger partial charge is 0.254 e. The van der Waals surface area contributed by atoms with Crippen LogP contribution in [0, 0.1) is 0 Å². The van der Waals surface area contributed by atoms with Crippen LogP contribution < -0.4 is 0 Å². The fourth-order valence-corrected chi connectivity index (χ4v) is 3.63. The Labute approximate surface area is 145 Å². The van der Waals surface area contributed by atoms with Gasteiger partial charge in [0.1, 0.15) is 6.04 Å². The summed E-state index contributed by atoms with van der Waals surface area (Å²) in [6.45, 7) is 2.84. The lowest BCUT2D eigenvalue weighted by Gasteiger charge is -2.32. The number of benzene rings is 1. The standard InChI is InChI=1S/C16H18Cl2N2O3/c17-12-8-11(9-13(18)10-12)15(21)20-3-1-2-14(20)16(22)19-4-6-23-7-5-19/h8-10,14H,1-7H2. The van der Waals surface area contributed by atoms with Gasteiger partial charge in [0.25, 0.3) is 5.91 Å². The number of halogens is 2. The van der Waals surface area contributed by atoms with Gasteiger partial charge in [0.05, 0.1) is 13.2 Å². The normalized spacial score (nSPS) is 21.6. The van der Waals surface area contributed by atoms with Crippen molar-refractivity contribution in [2.75, 3.05) is 32.8 Å². The van der Waals surface area contributed by atoms with Crippen LogP contribution in [-0.2, 0) is 9.53 Å². The van der Waals surface area contributed by atoms with E-state index in [1.54, 1.807) is 28.0 Å². The predicted molar refractivity (Wildman–Crippen MR) is 87.9 cm³/mol. The van der Waals surface area contributed by atoms with Gasteiger partial charge in [0, 0.05) is 35.2 Å². The first-order valence-corrected chi connectivity index (χ1v) is 8.45. The Morgan fingerprint density at radius 3 is 2.35 bits per heavy atom. The fraction of sp³-hybridized carbons (Fsp3) is 0.500. The van der Waals surface area contributed by atoms with Crippen molar-refractivity contribution >= 4 is 35.0 Å². The minimum Gasteiger partial charge on any atom is -0.378 e. The third kappa shape index (κ3) is 3.62. The first kappa shape index (κ1) is 16.6. The highest BCUT2D eigenvalue weighted by atomic mass is 35.5. The molecular weight excluding hydrogens is 339 g/mol. The average molecular weight is 357 g/mol. The summed E-state index contributed by atoms with van der Waals surface area (Å²) < 4.78 is 5.28. The van der Waals surface area contributed by atoms with E-state index in [0.29, 0.717) is 54.9 Å². The molecule has 1 aromatic rings. The van der Waals surface area contributed by atoms with Crippen molar-refractivity contribution in [3.8, 4) is 0 Å². The number of carbonyl (C=O) groups excluding carboxylic acids is 2. The number of hydrogen-bond acceptors (Lipinski definition) is 3. The van der Waals surface area contributed by atoms with E-state index in [4.69, 9.17) is 27.9 Å². The molecule has 23 heavy (non-hydrogen) atoms. The Kier molecular flexibility index (Phi) is 5.09. The molecule has 2 fully saturated rings. The number of rotatable bonds is 2. The van der Waals surface area contributed by atoms with Crippen LogP contribution in [0.25, 0.3) is 0 Å². The minimum absolute atomic E-state index is 0.00674. The number of hydrogen-bond donors (Lipinski definition) is 0. The molecule has 0 saturated carbocycles. The summed E-state index contributed by atoms with van der Waals surface area (Å²) in [6, 6.07) is 4.35. The fourth-order valence-electron chi connectivity index (χ4n) is 3.10. The quantitative estimate of drug-likeness (QED) is 0.817. The van der Waals surface area contributed by atoms with E-state index in [9.17, 15) is 9.59 Å². The van der Waals surface area contributed by atoms with E-state index >= 15 is 0 Å². The van der Waals surface area contributed by atoms with Crippen molar-refractivity contribution in [1.29, 1.82) is 0 Å². The highest BCUT2D eigenvalue weighted by Crippen LogP contribution is 2.25. The van der Waals surface area contributed by atoms with E-state index in [-0.39, 0.29) is 11.8 Å². The Bertz CT molecular complexity index is 597. The molecular formula is C16H18Cl2N2O3. The highest BCUT2D eigenvalue weighted by Gasteiger charge is 2.37. The SMILES string of the molecule is O=C(C1CCCN1C(=O)c1cc(Cl)cc(Cl)c1)N1CCOCC1. The van der Waals surface area contributed by atoms with E-state index in [2.05, 4.69) is 0 Å². The van der Waals surface area contributed by atoms with E-state index in [1.165, 1.54) is 0 Å². The molecule has 0 N–H and O–H groups in total. The second kappa shape index (κ2) is 7.07. The Hall–Kier alpha value is -1.30.